The lowest BCUT2D eigenvalue weighted by Gasteiger charge is -2.19. The maximum absolute atomic E-state index is 12.4. The van der Waals surface area contributed by atoms with Gasteiger partial charge in [-0.1, -0.05) is 18.9 Å². The number of nitro groups is 1. The van der Waals surface area contributed by atoms with E-state index >= 15 is 0 Å². The molecule has 0 unspecified atom stereocenters. The Labute approximate surface area is 150 Å². The minimum absolute atomic E-state index is 0.0525. The highest BCUT2D eigenvalue weighted by molar-refractivity contribution is 6.05. The Balaban J connectivity index is 1.63. The monoisotopic (exact) mass is 360 g/mol. The zero-order valence-electron chi connectivity index (χ0n) is 14.5. The van der Waals surface area contributed by atoms with Crippen molar-refractivity contribution < 1.29 is 24.0 Å². The Morgan fingerprint density at radius 3 is 2.42 bits per heavy atom. The number of imide groups is 1. The Bertz CT molecular complexity index is 751. The van der Waals surface area contributed by atoms with Crippen LogP contribution in [0.3, 0.4) is 0 Å². The molecule has 138 valence electrons. The molecule has 0 aromatic heterocycles. The van der Waals surface area contributed by atoms with Crippen LogP contribution in [-0.2, 0) is 14.4 Å². The molecular formula is C18H20N2O6. The van der Waals surface area contributed by atoms with E-state index < -0.39 is 10.9 Å². The molecule has 2 aliphatic rings. The number of fused-ring (bicyclic) bond motifs is 1. The molecule has 1 aromatic rings. The molecular weight excluding hydrogens is 340 g/mol. The van der Waals surface area contributed by atoms with Crippen LogP contribution in [0.5, 0.6) is 5.75 Å². The summed E-state index contributed by atoms with van der Waals surface area (Å²) in [6, 6.07) is 4.24. The van der Waals surface area contributed by atoms with E-state index in [-0.39, 0.29) is 48.1 Å². The quantitative estimate of drug-likeness (QED) is 0.262. The number of carbonyl (C=O) groups excluding carboxylic acids is 3. The van der Waals surface area contributed by atoms with E-state index in [2.05, 4.69) is 0 Å². The summed E-state index contributed by atoms with van der Waals surface area (Å²) in [4.78, 5) is 48.4. The van der Waals surface area contributed by atoms with Gasteiger partial charge in [0.1, 0.15) is 0 Å². The number of nitro benzene ring substituents is 1. The average molecular weight is 360 g/mol. The largest absolute Gasteiger partial charge is 0.419 e. The van der Waals surface area contributed by atoms with E-state index in [1.165, 1.54) is 12.1 Å². The molecule has 0 spiro atoms. The lowest BCUT2D eigenvalue weighted by molar-refractivity contribution is -0.385. The zero-order valence-corrected chi connectivity index (χ0v) is 14.5. The summed E-state index contributed by atoms with van der Waals surface area (Å²) in [5.74, 6) is -1.79. The van der Waals surface area contributed by atoms with E-state index in [1.807, 2.05) is 0 Å². The number of hydrogen-bond donors (Lipinski definition) is 0. The minimum atomic E-state index is -0.714. The number of hydrogen-bond acceptors (Lipinski definition) is 6. The standard InChI is InChI=1S/C18H20N2O6/c1-11-6-7-14(20(24)25)15(10-11)26-16(21)8-9-19-17(22)12-4-2-3-5-13(12)18(19)23/h6-7,10,12-13H,2-5,8-9H2,1H3/t12-,13+. The van der Waals surface area contributed by atoms with Gasteiger partial charge >= 0.3 is 11.7 Å². The highest BCUT2D eigenvalue weighted by Gasteiger charge is 2.47. The van der Waals surface area contributed by atoms with Gasteiger partial charge in [0.25, 0.3) is 0 Å². The fourth-order valence-corrected chi connectivity index (χ4v) is 3.68. The first-order chi connectivity index (χ1) is 12.4. The molecule has 1 aliphatic heterocycles. The number of likely N-dealkylation sites (tertiary alicyclic amines) is 1. The summed E-state index contributed by atoms with van der Waals surface area (Å²) in [6.07, 6.45) is 3.11. The van der Waals surface area contributed by atoms with Crippen LogP contribution in [0, 0.1) is 28.9 Å². The van der Waals surface area contributed by atoms with E-state index in [1.54, 1.807) is 13.0 Å². The molecule has 1 heterocycles. The van der Waals surface area contributed by atoms with Gasteiger partial charge in [0.05, 0.1) is 23.2 Å². The van der Waals surface area contributed by atoms with E-state index in [4.69, 9.17) is 4.74 Å². The number of carbonyl (C=O) groups is 3. The van der Waals surface area contributed by atoms with Crippen molar-refractivity contribution in [2.24, 2.45) is 11.8 Å². The molecule has 2 fully saturated rings. The molecule has 1 aliphatic carbocycles. The van der Waals surface area contributed by atoms with Crippen molar-refractivity contribution in [3.05, 3.63) is 33.9 Å². The predicted octanol–water partition coefficient (Wildman–Crippen LogP) is 2.37. The average Bonchev–Trinajstić information content (AvgIpc) is 2.84. The number of ether oxygens (including phenoxy) is 1. The van der Waals surface area contributed by atoms with Crippen molar-refractivity contribution in [2.75, 3.05) is 6.54 Å². The van der Waals surface area contributed by atoms with Gasteiger partial charge in [-0.05, 0) is 31.4 Å². The predicted molar refractivity (Wildman–Crippen MR) is 90.3 cm³/mol. The van der Waals surface area contributed by atoms with Crippen molar-refractivity contribution in [1.29, 1.82) is 0 Å². The normalized spacial score (nSPS) is 22.3. The number of esters is 1. The van der Waals surface area contributed by atoms with Crippen LogP contribution in [0.15, 0.2) is 18.2 Å². The van der Waals surface area contributed by atoms with Gasteiger partial charge in [-0.25, -0.2) is 0 Å². The summed E-state index contributed by atoms with van der Waals surface area (Å²) in [6.45, 7) is 1.67. The topological polar surface area (TPSA) is 107 Å². The van der Waals surface area contributed by atoms with Crippen LogP contribution in [0.2, 0.25) is 0 Å². The summed E-state index contributed by atoms with van der Waals surface area (Å²) in [5, 5.41) is 11.0. The number of nitrogens with zero attached hydrogens (tertiary/aromatic N) is 2. The number of aryl methyl sites for hydroxylation is 1. The van der Waals surface area contributed by atoms with Gasteiger partial charge in [-0.2, -0.15) is 0 Å². The van der Waals surface area contributed by atoms with Crippen LogP contribution in [0.25, 0.3) is 0 Å². The van der Waals surface area contributed by atoms with Crippen LogP contribution >= 0.6 is 0 Å². The SMILES string of the molecule is Cc1ccc([N+](=O)[O-])c(OC(=O)CCN2C(=O)[C@H]3CCCC[C@H]3C2=O)c1. The van der Waals surface area contributed by atoms with E-state index in [9.17, 15) is 24.5 Å². The Kier molecular flexibility index (Phi) is 5.01. The Morgan fingerprint density at radius 2 is 1.85 bits per heavy atom. The molecule has 2 atom stereocenters. The third-order valence-electron chi connectivity index (χ3n) is 5.01. The first-order valence-electron chi connectivity index (χ1n) is 8.69. The van der Waals surface area contributed by atoms with Crippen LogP contribution < -0.4 is 4.74 Å². The van der Waals surface area contributed by atoms with Crippen molar-refractivity contribution in [1.82, 2.24) is 4.90 Å². The first-order valence-corrected chi connectivity index (χ1v) is 8.69. The number of amides is 2. The van der Waals surface area contributed by atoms with Gasteiger partial charge in [0.15, 0.2) is 0 Å². The second-order valence-corrected chi connectivity index (χ2v) is 6.78. The van der Waals surface area contributed by atoms with Gasteiger partial charge in [0.2, 0.25) is 17.6 Å². The van der Waals surface area contributed by atoms with Crippen LogP contribution in [-0.4, -0.2) is 34.2 Å². The summed E-state index contributed by atoms with van der Waals surface area (Å²) < 4.78 is 5.11. The van der Waals surface area contributed by atoms with Gasteiger partial charge in [0, 0.05) is 12.6 Å². The highest BCUT2D eigenvalue weighted by atomic mass is 16.6. The highest BCUT2D eigenvalue weighted by Crippen LogP contribution is 2.38. The second kappa shape index (κ2) is 7.23. The molecule has 26 heavy (non-hydrogen) atoms. The molecule has 8 nitrogen and oxygen atoms in total. The van der Waals surface area contributed by atoms with Crippen molar-refractivity contribution >= 4 is 23.5 Å². The lowest BCUT2D eigenvalue weighted by Crippen LogP contribution is -2.33. The second-order valence-electron chi connectivity index (χ2n) is 6.78. The third kappa shape index (κ3) is 3.44. The Hall–Kier alpha value is -2.77. The van der Waals surface area contributed by atoms with E-state index in [0.29, 0.717) is 18.4 Å². The van der Waals surface area contributed by atoms with Gasteiger partial charge in [-0.3, -0.25) is 29.4 Å². The minimum Gasteiger partial charge on any atom is -0.419 e. The molecule has 1 saturated carbocycles. The fourth-order valence-electron chi connectivity index (χ4n) is 3.68. The molecule has 0 N–H and O–H groups in total. The maximum atomic E-state index is 12.4. The van der Waals surface area contributed by atoms with E-state index in [0.717, 1.165) is 17.7 Å². The first kappa shape index (κ1) is 18.0. The zero-order chi connectivity index (χ0) is 18.8. The van der Waals surface area contributed by atoms with Crippen molar-refractivity contribution in [3.63, 3.8) is 0 Å². The molecule has 0 radical (unpaired) electrons. The van der Waals surface area contributed by atoms with Gasteiger partial charge in [-0.15, -0.1) is 0 Å². The summed E-state index contributed by atoms with van der Waals surface area (Å²) in [7, 11) is 0. The van der Waals surface area contributed by atoms with Crippen LogP contribution in [0.1, 0.15) is 37.7 Å². The van der Waals surface area contributed by atoms with Crippen LogP contribution in [0.4, 0.5) is 5.69 Å². The molecule has 0 bridgehead atoms. The molecule has 1 saturated heterocycles. The number of benzene rings is 1. The fraction of sp³-hybridized carbons (Fsp3) is 0.500. The summed E-state index contributed by atoms with van der Waals surface area (Å²) >= 11 is 0. The molecule has 2 amide bonds. The van der Waals surface area contributed by atoms with Crippen molar-refractivity contribution in [2.45, 2.75) is 39.0 Å². The Morgan fingerprint density at radius 1 is 1.23 bits per heavy atom. The molecule has 3 rings (SSSR count). The lowest BCUT2D eigenvalue weighted by atomic mass is 9.81. The van der Waals surface area contributed by atoms with Crippen molar-refractivity contribution in [3.8, 4) is 5.75 Å². The molecule has 8 heteroatoms. The van der Waals surface area contributed by atoms with Gasteiger partial charge < -0.3 is 4.74 Å². The third-order valence-corrected chi connectivity index (χ3v) is 5.01. The smallest absolute Gasteiger partial charge is 0.313 e. The molecule has 1 aromatic carbocycles. The number of rotatable bonds is 5. The maximum Gasteiger partial charge on any atom is 0.313 e. The summed E-state index contributed by atoms with van der Waals surface area (Å²) in [5.41, 5.74) is 0.413.